The average molecular weight is 227 g/mol. The van der Waals surface area contributed by atoms with Crippen LogP contribution in [0.1, 0.15) is 5.56 Å². The first-order chi connectivity index (χ1) is 7.40. The smallest absolute Gasteiger partial charge is 0.337 e. The second-order valence-corrected chi connectivity index (χ2v) is 3.47. The lowest BCUT2D eigenvalue weighted by Gasteiger charge is -2.09. The van der Waals surface area contributed by atoms with Crippen molar-refractivity contribution in [3.8, 4) is 0 Å². The minimum atomic E-state index is -1.24. The van der Waals surface area contributed by atoms with Crippen molar-refractivity contribution in [1.82, 2.24) is 4.90 Å². The van der Waals surface area contributed by atoms with Gasteiger partial charge in [0.15, 0.2) is 0 Å². The van der Waals surface area contributed by atoms with Gasteiger partial charge in [0.2, 0.25) is 0 Å². The van der Waals surface area contributed by atoms with Crippen LogP contribution in [0, 0.1) is 11.6 Å². The predicted molar refractivity (Wildman–Crippen MR) is 55.7 cm³/mol. The van der Waals surface area contributed by atoms with E-state index in [2.05, 4.69) is 0 Å². The number of benzene rings is 1. The number of aliphatic carboxylic acids is 1. The Balaban J connectivity index is 3.27. The third-order valence-corrected chi connectivity index (χ3v) is 1.79. The van der Waals surface area contributed by atoms with Crippen LogP contribution < -0.4 is 0 Å². The molecule has 1 aromatic carbocycles. The highest BCUT2D eigenvalue weighted by molar-refractivity contribution is 6.15. The lowest BCUT2D eigenvalue weighted by atomic mass is 10.1. The number of hydrogen-bond acceptors (Lipinski definition) is 2. The fourth-order valence-corrected chi connectivity index (χ4v) is 1.22. The monoisotopic (exact) mass is 227 g/mol. The minimum Gasteiger partial charge on any atom is -0.478 e. The standard InChI is InChI=1S/C11H11F2NO2/c1-14(2)6-10(11(15)16)7-3-8(12)5-9(13)4-7/h3-6H,1-2H3,(H,15,16). The molecule has 0 aliphatic rings. The molecule has 1 aromatic rings. The maximum absolute atomic E-state index is 12.9. The zero-order valence-electron chi connectivity index (χ0n) is 8.87. The van der Waals surface area contributed by atoms with Gasteiger partial charge in [-0.2, -0.15) is 0 Å². The molecule has 0 aliphatic heterocycles. The molecule has 86 valence electrons. The van der Waals surface area contributed by atoms with E-state index >= 15 is 0 Å². The second-order valence-electron chi connectivity index (χ2n) is 3.47. The van der Waals surface area contributed by atoms with Gasteiger partial charge in [-0.15, -0.1) is 0 Å². The van der Waals surface area contributed by atoms with Gasteiger partial charge in [0.05, 0.1) is 5.57 Å². The molecule has 0 aliphatic carbocycles. The lowest BCUT2D eigenvalue weighted by molar-refractivity contribution is -0.130. The van der Waals surface area contributed by atoms with Gasteiger partial charge in [0, 0.05) is 26.4 Å². The molecule has 0 spiro atoms. The van der Waals surface area contributed by atoms with E-state index in [1.165, 1.54) is 11.1 Å². The molecule has 16 heavy (non-hydrogen) atoms. The van der Waals surface area contributed by atoms with Crippen LogP contribution in [0.2, 0.25) is 0 Å². The van der Waals surface area contributed by atoms with Crippen LogP contribution in [0.4, 0.5) is 8.78 Å². The zero-order chi connectivity index (χ0) is 12.3. The summed E-state index contributed by atoms with van der Waals surface area (Å²) in [5.41, 5.74) is -0.165. The maximum atomic E-state index is 12.9. The Morgan fingerprint density at radius 2 is 1.75 bits per heavy atom. The first kappa shape index (κ1) is 12.2. The van der Waals surface area contributed by atoms with Gasteiger partial charge in [-0.3, -0.25) is 0 Å². The van der Waals surface area contributed by atoms with Gasteiger partial charge in [0.25, 0.3) is 0 Å². The Labute approximate surface area is 91.6 Å². The van der Waals surface area contributed by atoms with Gasteiger partial charge >= 0.3 is 5.97 Å². The third-order valence-electron chi connectivity index (χ3n) is 1.79. The quantitative estimate of drug-likeness (QED) is 0.802. The van der Waals surface area contributed by atoms with Crippen LogP contribution in [0.3, 0.4) is 0 Å². The summed E-state index contributed by atoms with van der Waals surface area (Å²) in [5, 5.41) is 8.92. The molecule has 0 unspecified atom stereocenters. The van der Waals surface area contributed by atoms with Crippen LogP contribution in [0.5, 0.6) is 0 Å². The molecule has 0 bridgehead atoms. The molecule has 1 rings (SSSR count). The Morgan fingerprint density at radius 3 is 2.12 bits per heavy atom. The van der Waals surface area contributed by atoms with Crippen molar-refractivity contribution in [2.75, 3.05) is 14.1 Å². The van der Waals surface area contributed by atoms with Crippen molar-refractivity contribution in [3.05, 3.63) is 41.6 Å². The first-order valence-electron chi connectivity index (χ1n) is 4.48. The van der Waals surface area contributed by atoms with E-state index < -0.39 is 17.6 Å². The summed E-state index contributed by atoms with van der Waals surface area (Å²) >= 11 is 0. The Hall–Kier alpha value is -1.91. The predicted octanol–water partition coefficient (Wildman–Crippen LogP) is 1.95. The van der Waals surface area contributed by atoms with Gasteiger partial charge in [0.1, 0.15) is 11.6 Å². The molecular formula is C11H11F2NO2. The van der Waals surface area contributed by atoms with Gasteiger partial charge < -0.3 is 10.0 Å². The number of nitrogens with zero attached hydrogens (tertiary/aromatic N) is 1. The summed E-state index contributed by atoms with van der Waals surface area (Å²) in [4.78, 5) is 12.4. The topological polar surface area (TPSA) is 40.5 Å². The van der Waals surface area contributed by atoms with E-state index in [0.29, 0.717) is 6.07 Å². The summed E-state index contributed by atoms with van der Waals surface area (Å²) in [6.45, 7) is 0. The van der Waals surface area contributed by atoms with Crippen molar-refractivity contribution in [1.29, 1.82) is 0 Å². The van der Waals surface area contributed by atoms with Crippen LogP contribution >= 0.6 is 0 Å². The molecule has 1 N–H and O–H groups in total. The van der Waals surface area contributed by atoms with E-state index in [9.17, 15) is 13.6 Å². The maximum Gasteiger partial charge on any atom is 0.337 e. The normalized spacial score (nSPS) is 11.4. The molecule has 0 atom stereocenters. The Kier molecular flexibility index (Phi) is 3.60. The number of carbonyl (C=O) groups is 1. The highest BCUT2D eigenvalue weighted by Gasteiger charge is 2.13. The highest BCUT2D eigenvalue weighted by atomic mass is 19.1. The molecule has 0 radical (unpaired) electrons. The largest absolute Gasteiger partial charge is 0.478 e. The molecule has 0 saturated heterocycles. The SMILES string of the molecule is CN(C)C=C(C(=O)O)c1cc(F)cc(F)c1. The summed E-state index contributed by atoms with van der Waals surface area (Å²) in [7, 11) is 3.25. The van der Waals surface area contributed by atoms with Crippen molar-refractivity contribution < 1.29 is 18.7 Å². The van der Waals surface area contributed by atoms with E-state index in [4.69, 9.17) is 5.11 Å². The summed E-state index contributed by atoms with van der Waals surface area (Å²) < 4.78 is 25.8. The lowest BCUT2D eigenvalue weighted by Crippen LogP contribution is -2.08. The molecular weight excluding hydrogens is 216 g/mol. The summed E-state index contributed by atoms with van der Waals surface area (Å²) in [6, 6.07) is 2.65. The highest BCUT2D eigenvalue weighted by Crippen LogP contribution is 2.18. The van der Waals surface area contributed by atoms with E-state index in [1.54, 1.807) is 14.1 Å². The zero-order valence-corrected chi connectivity index (χ0v) is 8.87. The number of hydrogen-bond donors (Lipinski definition) is 1. The summed E-state index contributed by atoms with van der Waals surface area (Å²) in [6.07, 6.45) is 1.29. The molecule has 5 heteroatoms. The Morgan fingerprint density at radius 1 is 1.25 bits per heavy atom. The van der Waals surface area contributed by atoms with Crippen molar-refractivity contribution in [2.45, 2.75) is 0 Å². The molecule has 0 saturated carbocycles. The minimum absolute atomic E-state index is 0.00120. The van der Waals surface area contributed by atoms with Gasteiger partial charge in [-0.1, -0.05) is 0 Å². The van der Waals surface area contributed by atoms with Crippen LogP contribution in [0.15, 0.2) is 24.4 Å². The first-order valence-corrected chi connectivity index (χ1v) is 4.48. The number of halogens is 2. The van der Waals surface area contributed by atoms with Gasteiger partial charge in [-0.05, 0) is 17.7 Å². The molecule has 0 fully saturated rings. The fourth-order valence-electron chi connectivity index (χ4n) is 1.22. The number of carboxylic acid groups (broad SMARTS) is 1. The Bertz CT molecular complexity index is 421. The van der Waals surface area contributed by atoms with E-state index in [1.807, 2.05) is 0 Å². The molecule has 0 heterocycles. The van der Waals surface area contributed by atoms with E-state index in [0.717, 1.165) is 12.1 Å². The third kappa shape index (κ3) is 3.05. The van der Waals surface area contributed by atoms with Gasteiger partial charge in [-0.25, -0.2) is 13.6 Å². The average Bonchev–Trinajstić information content (AvgIpc) is 2.11. The van der Waals surface area contributed by atoms with Crippen LogP contribution in [-0.2, 0) is 4.79 Å². The van der Waals surface area contributed by atoms with E-state index in [-0.39, 0.29) is 11.1 Å². The fraction of sp³-hybridized carbons (Fsp3) is 0.182. The summed E-state index contributed by atoms with van der Waals surface area (Å²) in [5.74, 6) is -2.85. The van der Waals surface area contributed by atoms with Crippen LogP contribution in [-0.4, -0.2) is 30.1 Å². The van der Waals surface area contributed by atoms with Crippen molar-refractivity contribution in [3.63, 3.8) is 0 Å². The molecule has 0 aromatic heterocycles. The molecule has 3 nitrogen and oxygen atoms in total. The number of rotatable bonds is 3. The number of carboxylic acids is 1. The van der Waals surface area contributed by atoms with Crippen molar-refractivity contribution >= 4 is 11.5 Å². The second kappa shape index (κ2) is 4.74. The van der Waals surface area contributed by atoms with Crippen molar-refractivity contribution in [2.24, 2.45) is 0 Å². The molecule has 0 amide bonds. The van der Waals surface area contributed by atoms with Crippen LogP contribution in [0.25, 0.3) is 5.57 Å².